The molecule has 0 fully saturated rings. The Morgan fingerprint density at radius 3 is 2.43 bits per heavy atom. The Labute approximate surface area is 288 Å². The van der Waals surface area contributed by atoms with Crippen molar-refractivity contribution < 1.29 is 9.53 Å². The minimum atomic E-state index is -0.711. The topological polar surface area (TPSA) is 65.6 Å². The first kappa shape index (κ1) is 31.2. The number of halogens is 1. The van der Waals surface area contributed by atoms with Gasteiger partial charge in [0.1, 0.15) is 0 Å². The first-order chi connectivity index (χ1) is 22.9. The van der Waals surface area contributed by atoms with E-state index in [2.05, 4.69) is 51.0 Å². The minimum absolute atomic E-state index is 0.202. The second-order valence-corrected chi connectivity index (χ2v) is 13.9. The quantitative estimate of drug-likeness (QED) is 0.121. The van der Waals surface area contributed by atoms with Gasteiger partial charge in [0.05, 0.1) is 28.5 Å². The molecule has 0 spiro atoms. The van der Waals surface area contributed by atoms with E-state index < -0.39 is 12.0 Å². The van der Waals surface area contributed by atoms with Crippen LogP contribution >= 0.6 is 39.0 Å². The van der Waals surface area contributed by atoms with E-state index in [1.54, 1.807) is 23.3 Å². The van der Waals surface area contributed by atoms with E-state index in [4.69, 9.17) is 9.73 Å². The Morgan fingerprint density at radius 1 is 0.979 bits per heavy atom. The fourth-order valence-corrected chi connectivity index (χ4v) is 7.66. The molecule has 0 saturated carbocycles. The molecule has 6 nitrogen and oxygen atoms in total. The van der Waals surface area contributed by atoms with Gasteiger partial charge in [0.25, 0.3) is 5.56 Å². The number of thioether (sulfide) groups is 1. The number of hydrogen-bond donors (Lipinski definition) is 0. The van der Waals surface area contributed by atoms with Gasteiger partial charge < -0.3 is 9.30 Å². The number of ether oxygens (including phenoxy) is 1. The molecule has 1 aliphatic rings. The van der Waals surface area contributed by atoms with Crippen molar-refractivity contribution in [3.63, 3.8) is 0 Å². The maximum Gasteiger partial charge on any atom is 0.338 e. The van der Waals surface area contributed by atoms with Crippen LogP contribution in [-0.4, -0.2) is 28.0 Å². The third-order valence-electron chi connectivity index (χ3n) is 8.18. The molecule has 9 heteroatoms. The van der Waals surface area contributed by atoms with Crippen molar-refractivity contribution in [3.8, 4) is 0 Å². The maximum atomic E-state index is 14.5. The summed E-state index contributed by atoms with van der Waals surface area (Å²) in [5.74, 6) is -0.487. The van der Waals surface area contributed by atoms with Crippen molar-refractivity contribution in [2.75, 3.05) is 12.9 Å². The summed E-state index contributed by atoms with van der Waals surface area (Å²) in [4.78, 5) is 34.8. The molecule has 7 rings (SSSR count). The van der Waals surface area contributed by atoms with Gasteiger partial charge in [0.15, 0.2) is 4.80 Å². The summed E-state index contributed by atoms with van der Waals surface area (Å²) in [7, 11) is 0. The summed E-state index contributed by atoms with van der Waals surface area (Å²) in [6.45, 7) is 2.68. The van der Waals surface area contributed by atoms with Crippen LogP contribution in [0.4, 0.5) is 0 Å². The van der Waals surface area contributed by atoms with Crippen molar-refractivity contribution in [3.05, 3.63) is 161 Å². The fourth-order valence-electron chi connectivity index (χ4n) is 5.99. The Kier molecular flexibility index (Phi) is 8.86. The number of thiazole rings is 1. The molecule has 0 radical (unpaired) electrons. The van der Waals surface area contributed by atoms with E-state index in [0.29, 0.717) is 27.1 Å². The lowest BCUT2D eigenvalue weighted by molar-refractivity contribution is -0.138. The number of carbonyl (C=O) groups excluding carboxylic acids is 1. The van der Waals surface area contributed by atoms with Crippen molar-refractivity contribution in [1.29, 1.82) is 0 Å². The Hall–Kier alpha value is -4.44. The molecule has 1 atom stereocenters. The molecule has 0 N–H and O–H groups in total. The summed E-state index contributed by atoms with van der Waals surface area (Å²) in [6, 6.07) is 33.4. The predicted octanol–water partition coefficient (Wildman–Crippen LogP) is 7.42. The zero-order valence-electron chi connectivity index (χ0n) is 25.7. The highest BCUT2D eigenvalue weighted by Crippen LogP contribution is 2.36. The number of benzene rings is 4. The van der Waals surface area contributed by atoms with Gasteiger partial charge in [-0.05, 0) is 60.7 Å². The monoisotopic (exact) mass is 719 g/mol. The van der Waals surface area contributed by atoms with Crippen LogP contribution in [0.25, 0.3) is 22.7 Å². The zero-order chi connectivity index (χ0) is 32.5. The lowest BCUT2D eigenvalue weighted by atomic mass is 9.93. The number of esters is 1. The number of hydrogen-bond acceptors (Lipinski definition) is 6. The summed E-state index contributed by atoms with van der Waals surface area (Å²) in [6.07, 6.45) is 6.07. The number of para-hydroxylation sites is 1. The minimum Gasteiger partial charge on any atom is -0.463 e. The predicted molar refractivity (Wildman–Crippen MR) is 194 cm³/mol. The van der Waals surface area contributed by atoms with Gasteiger partial charge in [-0.1, -0.05) is 100 Å². The number of nitrogens with zero attached hydrogens (tertiary/aromatic N) is 3. The largest absolute Gasteiger partial charge is 0.463 e. The van der Waals surface area contributed by atoms with Crippen LogP contribution in [0.15, 0.2) is 134 Å². The molecule has 4 aromatic carbocycles. The highest BCUT2D eigenvalue weighted by molar-refractivity contribution is 9.10. The smallest absolute Gasteiger partial charge is 0.338 e. The molecule has 234 valence electrons. The number of fused-ring (bicyclic) bond motifs is 2. The van der Waals surface area contributed by atoms with E-state index in [1.165, 1.54) is 16.9 Å². The highest BCUT2D eigenvalue weighted by atomic mass is 79.9. The first-order valence-electron chi connectivity index (χ1n) is 15.2. The average molecular weight is 721 g/mol. The molecule has 47 heavy (non-hydrogen) atoms. The number of carbonyl (C=O) groups is 1. The van der Waals surface area contributed by atoms with E-state index >= 15 is 0 Å². The lowest BCUT2D eigenvalue weighted by Crippen LogP contribution is -2.40. The summed E-state index contributed by atoms with van der Waals surface area (Å²) in [5.41, 5.74) is 5.46. The summed E-state index contributed by atoms with van der Waals surface area (Å²) >= 11 is 6.50. The average Bonchev–Trinajstić information content (AvgIpc) is 3.61. The van der Waals surface area contributed by atoms with Gasteiger partial charge in [-0.15, -0.1) is 11.8 Å². The molecule has 1 aliphatic heterocycles. The Balaban J connectivity index is 1.44. The van der Waals surface area contributed by atoms with Crippen LogP contribution in [-0.2, 0) is 16.1 Å². The molecule has 6 aromatic rings. The Bertz CT molecular complexity index is 2320. The number of rotatable bonds is 8. The van der Waals surface area contributed by atoms with Crippen LogP contribution < -0.4 is 14.9 Å². The fraction of sp³-hybridized carbons (Fsp3) is 0.132. The van der Waals surface area contributed by atoms with Crippen molar-refractivity contribution >= 4 is 67.7 Å². The summed E-state index contributed by atoms with van der Waals surface area (Å²) < 4.78 is 11.1. The first-order valence-corrected chi connectivity index (χ1v) is 18.0. The lowest BCUT2D eigenvalue weighted by Gasteiger charge is -2.26. The SMILES string of the molecule is CCOC(=O)C1=C(c2ccccc2)N=c2s/c(=C\c3cn(Cc4ccc(Br)cc4)c4ccccc34)c(=O)n2[C@@H]1c1ccc(SC)cc1. The molecule has 0 bridgehead atoms. The van der Waals surface area contributed by atoms with Gasteiger partial charge in [-0.25, -0.2) is 9.79 Å². The number of aromatic nitrogens is 2. The molecule has 0 aliphatic carbocycles. The van der Waals surface area contributed by atoms with Crippen LogP contribution in [0.1, 0.15) is 35.2 Å². The van der Waals surface area contributed by atoms with Gasteiger partial charge in [-0.3, -0.25) is 9.36 Å². The van der Waals surface area contributed by atoms with Crippen LogP contribution in [0.5, 0.6) is 0 Å². The third kappa shape index (κ3) is 6.06. The van der Waals surface area contributed by atoms with Crippen molar-refractivity contribution in [2.24, 2.45) is 4.99 Å². The molecule has 2 aromatic heterocycles. The molecule has 3 heterocycles. The second kappa shape index (κ2) is 13.4. The third-order valence-corrected chi connectivity index (χ3v) is 10.4. The normalized spacial score (nSPS) is 14.7. The highest BCUT2D eigenvalue weighted by Gasteiger charge is 2.35. The molecule has 0 saturated heterocycles. The second-order valence-electron chi connectivity index (χ2n) is 11.1. The van der Waals surface area contributed by atoms with Crippen molar-refractivity contribution in [2.45, 2.75) is 24.4 Å². The molecular weight excluding hydrogens is 690 g/mol. The van der Waals surface area contributed by atoms with Crippen LogP contribution in [0, 0.1) is 0 Å². The van der Waals surface area contributed by atoms with Crippen LogP contribution in [0.3, 0.4) is 0 Å². The standard InChI is InChI=1S/C38H30BrN3O3S2/c1-3-45-37(44)33-34(25-9-5-4-6-10-25)40-38-42(35(33)26-15-19-29(46-2)20-16-26)36(43)32(47-38)21-27-23-41(31-12-8-7-11-30(27)31)22-24-13-17-28(39)18-14-24/h4-21,23,35H,3,22H2,1-2H3/b32-21-/t35-/m1/s1. The molecular formula is C38H30BrN3O3S2. The van der Waals surface area contributed by atoms with Crippen LogP contribution in [0.2, 0.25) is 0 Å². The Morgan fingerprint density at radius 2 is 1.70 bits per heavy atom. The van der Waals surface area contributed by atoms with E-state index in [1.807, 2.05) is 91.2 Å². The van der Waals surface area contributed by atoms with E-state index in [-0.39, 0.29) is 12.2 Å². The van der Waals surface area contributed by atoms with E-state index in [0.717, 1.165) is 37.0 Å². The van der Waals surface area contributed by atoms with Gasteiger partial charge >= 0.3 is 5.97 Å². The molecule has 0 amide bonds. The zero-order valence-corrected chi connectivity index (χ0v) is 28.9. The van der Waals surface area contributed by atoms with Gasteiger partial charge in [0, 0.05) is 44.1 Å². The van der Waals surface area contributed by atoms with Crippen molar-refractivity contribution in [1.82, 2.24) is 9.13 Å². The maximum absolute atomic E-state index is 14.5. The van der Waals surface area contributed by atoms with E-state index in [9.17, 15) is 9.59 Å². The molecule has 0 unspecified atom stereocenters. The van der Waals surface area contributed by atoms with Gasteiger partial charge in [0.2, 0.25) is 0 Å². The summed E-state index contributed by atoms with van der Waals surface area (Å²) in [5, 5.41) is 1.05. The van der Waals surface area contributed by atoms with Gasteiger partial charge in [-0.2, -0.15) is 0 Å².